The number of carbonyl (C=O) groups excluding carboxylic acids is 1. The Morgan fingerprint density at radius 2 is 1.33 bits per heavy atom. The molecule has 0 rings (SSSR count). The maximum atomic E-state index is 9.95. The van der Waals surface area contributed by atoms with Gasteiger partial charge in [0.1, 0.15) is 6.29 Å². The number of aldehydes is 1. The van der Waals surface area contributed by atoms with Crippen LogP contribution in [0.3, 0.4) is 0 Å². The highest BCUT2D eigenvalue weighted by Gasteiger charge is 1.90. The predicted octanol–water partition coefficient (Wildman–Crippen LogP) is 2.30. The molecule has 0 unspecified atom stereocenters. The van der Waals surface area contributed by atoms with Gasteiger partial charge in [0.25, 0.3) is 0 Å². The minimum absolute atomic E-state index is 0.325. The summed E-state index contributed by atoms with van der Waals surface area (Å²) in [5.74, 6) is 0. The Labute approximate surface area is 75.0 Å². The smallest absolute Gasteiger partial charge is 0.119 e. The van der Waals surface area contributed by atoms with Crippen LogP contribution >= 0.6 is 0 Å². The van der Waals surface area contributed by atoms with E-state index in [9.17, 15) is 4.79 Å². The minimum Gasteiger partial charge on any atom is -0.396 e. The van der Waals surface area contributed by atoms with Crippen LogP contribution in [0.4, 0.5) is 0 Å². The van der Waals surface area contributed by atoms with Crippen LogP contribution in [0, 0.1) is 0 Å². The molecule has 72 valence electrons. The molecule has 0 radical (unpaired) electrons. The van der Waals surface area contributed by atoms with Gasteiger partial charge in [0, 0.05) is 13.0 Å². The Kier molecular flexibility index (Phi) is 10.3. The van der Waals surface area contributed by atoms with Gasteiger partial charge in [-0.15, -0.1) is 0 Å². The topological polar surface area (TPSA) is 37.3 Å². The zero-order chi connectivity index (χ0) is 9.07. The van der Waals surface area contributed by atoms with Crippen LogP contribution in [-0.2, 0) is 4.79 Å². The number of aliphatic hydroxyl groups is 1. The summed E-state index contributed by atoms with van der Waals surface area (Å²) >= 11 is 0. The van der Waals surface area contributed by atoms with E-state index in [1.54, 1.807) is 0 Å². The lowest BCUT2D eigenvalue weighted by Gasteiger charge is -1.98. The number of hydrogen-bond donors (Lipinski definition) is 1. The van der Waals surface area contributed by atoms with E-state index in [4.69, 9.17) is 5.11 Å². The first-order valence-corrected chi connectivity index (χ1v) is 4.96. The van der Waals surface area contributed by atoms with Crippen molar-refractivity contribution in [3.8, 4) is 0 Å². The molecule has 0 saturated heterocycles. The van der Waals surface area contributed by atoms with Crippen LogP contribution in [0.15, 0.2) is 0 Å². The minimum atomic E-state index is 0.325. The van der Waals surface area contributed by atoms with Gasteiger partial charge in [0.05, 0.1) is 0 Å². The summed E-state index contributed by atoms with van der Waals surface area (Å²) in [6.07, 6.45) is 9.72. The lowest BCUT2D eigenvalue weighted by molar-refractivity contribution is -0.107. The van der Waals surface area contributed by atoms with Gasteiger partial charge >= 0.3 is 0 Å². The molecule has 0 spiro atoms. The lowest BCUT2D eigenvalue weighted by Crippen LogP contribution is -1.84. The van der Waals surface area contributed by atoms with Crippen molar-refractivity contribution >= 4 is 6.29 Å². The molecule has 0 aromatic carbocycles. The van der Waals surface area contributed by atoms with Crippen LogP contribution in [0.2, 0.25) is 0 Å². The summed E-state index contributed by atoms with van der Waals surface area (Å²) < 4.78 is 0. The van der Waals surface area contributed by atoms with Crippen molar-refractivity contribution in [1.82, 2.24) is 0 Å². The van der Waals surface area contributed by atoms with E-state index in [1.165, 1.54) is 25.7 Å². The van der Waals surface area contributed by atoms with Crippen molar-refractivity contribution < 1.29 is 9.90 Å². The first-order valence-electron chi connectivity index (χ1n) is 4.96. The van der Waals surface area contributed by atoms with E-state index >= 15 is 0 Å². The van der Waals surface area contributed by atoms with Gasteiger partial charge in [-0.05, 0) is 12.8 Å². The molecule has 0 fully saturated rings. The molecule has 0 heterocycles. The standard InChI is InChI=1S/C10H20O2/c11-9-7-5-3-1-2-4-6-8-10-12/h9,12H,1-8,10H2. The highest BCUT2D eigenvalue weighted by atomic mass is 16.2. The molecule has 0 aliphatic heterocycles. The van der Waals surface area contributed by atoms with Crippen molar-refractivity contribution in [3.63, 3.8) is 0 Å². The molecular formula is C10H20O2. The highest BCUT2D eigenvalue weighted by molar-refractivity contribution is 5.48. The molecule has 0 aliphatic carbocycles. The average Bonchev–Trinajstić information content (AvgIpc) is 2.10. The zero-order valence-electron chi connectivity index (χ0n) is 7.80. The molecule has 0 atom stereocenters. The van der Waals surface area contributed by atoms with E-state index in [1.807, 2.05) is 0 Å². The Morgan fingerprint density at radius 1 is 0.833 bits per heavy atom. The van der Waals surface area contributed by atoms with Gasteiger partial charge in [0.15, 0.2) is 0 Å². The summed E-state index contributed by atoms with van der Waals surface area (Å²) in [6, 6.07) is 0. The molecule has 1 N–H and O–H groups in total. The van der Waals surface area contributed by atoms with Gasteiger partial charge in [-0.2, -0.15) is 0 Å². The van der Waals surface area contributed by atoms with Crippen molar-refractivity contribution in [2.75, 3.05) is 6.61 Å². The van der Waals surface area contributed by atoms with E-state index in [2.05, 4.69) is 0 Å². The van der Waals surface area contributed by atoms with E-state index in [0.717, 1.165) is 32.0 Å². The molecule has 0 saturated carbocycles. The summed E-state index contributed by atoms with van der Waals surface area (Å²) in [5.41, 5.74) is 0. The number of aliphatic hydroxyl groups excluding tert-OH is 1. The molecule has 0 aliphatic rings. The zero-order valence-corrected chi connectivity index (χ0v) is 7.80. The monoisotopic (exact) mass is 172 g/mol. The second-order valence-corrected chi connectivity index (χ2v) is 3.15. The Hall–Kier alpha value is -0.370. The number of carbonyl (C=O) groups is 1. The Bertz CT molecular complexity index is 91.8. The summed E-state index contributed by atoms with van der Waals surface area (Å²) in [7, 11) is 0. The lowest BCUT2D eigenvalue weighted by atomic mass is 10.1. The average molecular weight is 172 g/mol. The first-order chi connectivity index (χ1) is 5.91. The van der Waals surface area contributed by atoms with E-state index in [0.29, 0.717) is 6.61 Å². The van der Waals surface area contributed by atoms with Crippen molar-refractivity contribution in [1.29, 1.82) is 0 Å². The number of hydrogen-bond acceptors (Lipinski definition) is 2. The molecule has 12 heavy (non-hydrogen) atoms. The van der Waals surface area contributed by atoms with Crippen molar-refractivity contribution in [2.24, 2.45) is 0 Å². The molecule has 2 heteroatoms. The fourth-order valence-corrected chi connectivity index (χ4v) is 1.22. The Morgan fingerprint density at radius 3 is 1.83 bits per heavy atom. The Balaban J connectivity index is 2.77. The summed E-state index contributed by atoms with van der Waals surface area (Å²) in [5, 5.41) is 8.50. The van der Waals surface area contributed by atoms with Gasteiger partial charge < -0.3 is 9.90 Å². The fourth-order valence-electron chi connectivity index (χ4n) is 1.22. The maximum Gasteiger partial charge on any atom is 0.119 e. The van der Waals surface area contributed by atoms with Crippen molar-refractivity contribution in [3.05, 3.63) is 0 Å². The van der Waals surface area contributed by atoms with Gasteiger partial charge in [-0.25, -0.2) is 0 Å². The molecular weight excluding hydrogens is 152 g/mol. The molecule has 0 aromatic rings. The quantitative estimate of drug-likeness (QED) is 0.428. The van der Waals surface area contributed by atoms with Gasteiger partial charge in [-0.1, -0.05) is 32.1 Å². The third kappa shape index (κ3) is 9.63. The second kappa shape index (κ2) is 10.6. The number of unbranched alkanes of at least 4 members (excludes halogenated alkanes) is 7. The number of rotatable bonds is 9. The van der Waals surface area contributed by atoms with Crippen LogP contribution in [0.25, 0.3) is 0 Å². The van der Waals surface area contributed by atoms with Crippen LogP contribution in [0.1, 0.15) is 51.4 Å². The van der Waals surface area contributed by atoms with E-state index < -0.39 is 0 Å². The maximum absolute atomic E-state index is 9.95. The van der Waals surface area contributed by atoms with Crippen molar-refractivity contribution in [2.45, 2.75) is 51.4 Å². The summed E-state index contributed by atoms with van der Waals surface area (Å²) in [6.45, 7) is 0.325. The normalized spacial score (nSPS) is 10.1. The molecule has 0 amide bonds. The largest absolute Gasteiger partial charge is 0.396 e. The predicted molar refractivity (Wildman–Crippen MR) is 50.1 cm³/mol. The fraction of sp³-hybridized carbons (Fsp3) is 0.900. The third-order valence-electron chi connectivity index (χ3n) is 1.98. The third-order valence-corrected chi connectivity index (χ3v) is 1.98. The SMILES string of the molecule is O=CCCCCCCCCCO. The van der Waals surface area contributed by atoms with Gasteiger partial charge in [-0.3, -0.25) is 0 Å². The van der Waals surface area contributed by atoms with E-state index in [-0.39, 0.29) is 0 Å². The molecule has 0 aromatic heterocycles. The first kappa shape index (κ1) is 11.6. The van der Waals surface area contributed by atoms with Crippen LogP contribution in [0.5, 0.6) is 0 Å². The highest BCUT2D eigenvalue weighted by Crippen LogP contribution is 2.07. The van der Waals surface area contributed by atoms with Crippen LogP contribution in [-0.4, -0.2) is 18.0 Å². The van der Waals surface area contributed by atoms with Gasteiger partial charge in [0.2, 0.25) is 0 Å². The second-order valence-electron chi connectivity index (χ2n) is 3.15. The van der Waals surface area contributed by atoms with Crippen LogP contribution < -0.4 is 0 Å². The summed E-state index contributed by atoms with van der Waals surface area (Å²) in [4.78, 5) is 9.95. The molecule has 2 nitrogen and oxygen atoms in total. The molecule has 0 bridgehead atoms.